The largest absolute Gasteiger partial charge is 0.491 e. The zero-order chi connectivity index (χ0) is 17.3. The standard InChI is InChI=1S/C19H23NO4/c1-12-7-8-13(2)17(9-12)24-11-14(21)10-20-18(22)15-5-3-4-6-16(15)19(20)23/h3-4,7-9,14-16,21H,5-6,10-11H2,1-2H3. The maximum atomic E-state index is 12.4. The summed E-state index contributed by atoms with van der Waals surface area (Å²) in [6.07, 6.45) is 4.24. The zero-order valence-electron chi connectivity index (χ0n) is 14.1. The Morgan fingerprint density at radius 2 is 1.79 bits per heavy atom. The molecular formula is C19H23NO4. The number of carbonyl (C=O) groups is 2. The molecule has 3 atom stereocenters. The van der Waals surface area contributed by atoms with Crippen LogP contribution in [0.5, 0.6) is 5.75 Å². The van der Waals surface area contributed by atoms with E-state index in [1.54, 1.807) is 0 Å². The van der Waals surface area contributed by atoms with Crippen LogP contribution in [0.2, 0.25) is 0 Å². The molecule has 1 fully saturated rings. The van der Waals surface area contributed by atoms with Crippen molar-refractivity contribution in [3.8, 4) is 5.75 Å². The van der Waals surface area contributed by atoms with Crippen LogP contribution in [0.4, 0.5) is 0 Å². The van der Waals surface area contributed by atoms with Gasteiger partial charge in [0.25, 0.3) is 0 Å². The van der Waals surface area contributed by atoms with Gasteiger partial charge in [0.15, 0.2) is 0 Å². The minimum absolute atomic E-state index is 0.00443. The lowest BCUT2D eigenvalue weighted by Gasteiger charge is -2.20. The molecule has 5 nitrogen and oxygen atoms in total. The molecule has 1 aliphatic carbocycles. The third-order valence-corrected chi connectivity index (χ3v) is 4.77. The lowest BCUT2D eigenvalue weighted by molar-refractivity contribution is -0.141. The van der Waals surface area contributed by atoms with Crippen LogP contribution in [-0.2, 0) is 9.59 Å². The lowest BCUT2D eigenvalue weighted by Crippen LogP contribution is -2.40. The number of likely N-dealkylation sites (tertiary alicyclic amines) is 1. The smallest absolute Gasteiger partial charge is 0.233 e. The van der Waals surface area contributed by atoms with Gasteiger partial charge in [-0.1, -0.05) is 24.3 Å². The van der Waals surface area contributed by atoms with Gasteiger partial charge in [-0.3, -0.25) is 14.5 Å². The molecule has 2 amide bonds. The first kappa shape index (κ1) is 16.7. The molecule has 1 heterocycles. The number of ether oxygens (including phenoxy) is 1. The number of carbonyl (C=O) groups excluding carboxylic acids is 2. The SMILES string of the molecule is Cc1ccc(C)c(OCC(O)CN2C(=O)C3CC=CCC3C2=O)c1. The monoisotopic (exact) mass is 329 g/mol. The van der Waals surface area contributed by atoms with E-state index in [2.05, 4.69) is 0 Å². The summed E-state index contributed by atoms with van der Waals surface area (Å²) in [7, 11) is 0. The summed E-state index contributed by atoms with van der Waals surface area (Å²) in [5.41, 5.74) is 2.06. The number of fused-ring (bicyclic) bond motifs is 1. The van der Waals surface area contributed by atoms with E-state index in [-0.39, 0.29) is 36.8 Å². The van der Waals surface area contributed by atoms with Crippen LogP contribution in [-0.4, -0.2) is 41.1 Å². The van der Waals surface area contributed by atoms with E-state index in [1.807, 2.05) is 44.2 Å². The number of nitrogens with zero attached hydrogens (tertiary/aromatic N) is 1. The molecule has 1 aliphatic heterocycles. The number of aliphatic hydroxyl groups excluding tert-OH is 1. The molecule has 1 aromatic carbocycles. The molecule has 1 aromatic rings. The summed E-state index contributed by atoms with van der Waals surface area (Å²) in [6.45, 7) is 3.96. The summed E-state index contributed by atoms with van der Waals surface area (Å²) < 4.78 is 5.67. The van der Waals surface area contributed by atoms with E-state index in [4.69, 9.17) is 4.74 Å². The lowest BCUT2D eigenvalue weighted by atomic mass is 9.85. The molecule has 5 heteroatoms. The summed E-state index contributed by atoms with van der Waals surface area (Å²) in [6, 6.07) is 5.87. The molecule has 3 unspecified atom stereocenters. The average Bonchev–Trinajstić information content (AvgIpc) is 2.81. The van der Waals surface area contributed by atoms with E-state index in [1.165, 1.54) is 4.90 Å². The molecule has 1 N–H and O–H groups in total. The highest BCUT2D eigenvalue weighted by molar-refractivity contribution is 6.05. The first-order chi connectivity index (χ1) is 11.5. The molecule has 3 rings (SSSR count). The second kappa shape index (κ2) is 6.77. The van der Waals surface area contributed by atoms with Gasteiger partial charge in [0.05, 0.1) is 18.4 Å². The van der Waals surface area contributed by atoms with Crippen molar-refractivity contribution in [2.45, 2.75) is 32.8 Å². The number of imide groups is 1. The number of β-amino-alcohol motifs (C(OH)–C–C–N with tert-alkyl or cyclic N) is 1. The quantitative estimate of drug-likeness (QED) is 0.663. The van der Waals surface area contributed by atoms with Crippen molar-refractivity contribution in [1.82, 2.24) is 4.90 Å². The van der Waals surface area contributed by atoms with E-state index >= 15 is 0 Å². The summed E-state index contributed by atoms with van der Waals surface area (Å²) in [4.78, 5) is 26.0. The summed E-state index contributed by atoms with van der Waals surface area (Å²) >= 11 is 0. The van der Waals surface area contributed by atoms with Gasteiger partial charge in [0.1, 0.15) is 18.5 Å². The second-order valence-electron chi connectivity index (χ2n) is 6.68. The third kappa shape index (κ3) is 3.22. The number of aliphatic hydroxyl groups is 1. The van der Waals surface area contributed by atoms with Gasteiger partial charge in [-0.05, 0) is 43.9 Å². The third-order valence-electron chi connectivity index (χ3n) is 4.77. The molecule has 1 saturated heterocycles. The van der Waals surface area contributed by atoms with Crippen LogP contribution in [0.15, 0.2) is 30.4 Å². The molecule has 0 bridgehead atoms. The Labute approximate surface area is 141 Å². The van der Waals surface area contributed by atoms with E-state index in [0.29, 0.717) is 18.6 Å². The van der Waals surface area contributed by atoms with E-state index in [9.17, 15) is 14.7 Å². The molecule has 128 valence electrons. The Bertz CT molecular complexity index is 656. The van der Waals surface area contributed by atoms with Gasteiger partial charge in [0, 0.05) is 0 Å². The van der Waals surface area contributed by atoms with Gasteiger partial charge in [-0.2, -0.15) is 0 Å². The van der Waals surface area contributed by atoms with Crippen LogP contribution in [0, 0.1) is 25.7 Å². The zero-order valence-corrected chi connectivity index (χ0v) is 14.1. The average molecular weight is 329 g/mol. The first-order valence-corrected chi connectivity index (χ1v) is 8.35. The van der Waals surface area contributed by atoms with Crippen molar-refractivity contribution < 1.29 is 19.4 Å². The normalized spacial score (nSPS) is 24.2. The van der Waals surface area contributed by atoms with Crippen LogP contribution in [0.25, 0.3) is 0 Å². The molecule has 0 saturated carbocycles. The first-order valence-electron chi connectivity index (χ1n) is 8.35. The van der Waals surface area contributed by atoms with Crippen molar-refractivity contribution in [1.29, 1.82) is 0 Å². The maximum absolute atomic E-state index is 12.4. The fourth-order valence-corrected chi connectivity index (χ4v) is 3.36. The Morgan fingerprint density at radius 1 is 1.17 bits per heavy atom. The highest BCUT2D eigenvalue weighted by atomic mass is 16.5. The van der Waals surface area contributed by atoms with Gasteiger partial charge in [0.2, 0.25) is 11.8 Å². The van der Waals surface area contributed by atoms with Gasteiger partial charge < -0.3 is 9.84 Å². The number of amides is 2. The predicted octanol–water partition coefficient (Wildman–Crippen LogP) is 1.99. The number of rotatable bonds is 5. The molecule has 0 spiro atoms. The Morgan fingerprint density at radius 3 is 2.42 bits per heavy atom. The molecule has 0 aromatic heterocycles. The topological polar surface area (TPSA) is 66.8 Å². The van der Waals surface area contributed by atoms with E-state index in [0.717, 1.165) is 11.1 Å². The van der Waals surface area contributed by atoms with Crippen LogP contribution < -0.4 is 4.74 Å². The van der Waals surface area contributed by atoms with E-state index < -0.39 is 6.10 Å². The second-order valence-corrected chi connectivity index (χ2v) is 6.68. The summed E-state index contributed by atoms with van der Waals surface area (Å²) in [5, 5.41) is 10.2. The Balaban J connectivity index is 1.59. The van der Waals surface area contributed by atoms with Crippen molar-refractivity contribution in [3.63, 3.8) is 0 Å². The van der Waals surface area contributed by atoms with Crippen molar-refractivity contribution in [2.75, 3.05) is 13.2 Å². The van der Waals surface area contributed by atoms with Gasteiger partial charge in [-0.15, -0.1) is 0 Å². The van der Waals surface area contributed by atoms with Crippen molar-refractivity contribution >= 4 is 11.8 Å². The Hall–Kier alpha value is -2.14. The molecule has 24 heavy (non-hydrogen) atoms. The number of hydrogen-bond acceptors (Lipinski definition) is 4. The Kier molecular flexibility index (Phi) is 4.71. The van der Waals surface area contributed by atoms with Crippen LogP contribution >= 0.6 is 0 Å². The fraction of sp³-hybridized carbons (Fsp3) is 0.474. The highest BCUT2D eigenvalue weighted by Gasteiger charge is 2.47. The van der Waals surface area contributed by atoms with Crippen molar-refractivity contribution in [3.05, 3.63) is 41.5 Å². The maximum Gasteiger partial charge on any atom is 0.233 e. The number of benzene rings is 1. The van der Waals surface area contributed by atoms with Gasteiger partial charge >= 0.3 is 0 Å². The number of allylic oxidation sites excluding steroid dienone is 2. The molecular weight excluding hydrogens is 306 g/mol. The van der Waals surface area contributed by atoms with Gasteiger partial charge in [-0.25, -0.2) is 0 Å². The highest BCUT2D eigenvalue weighted by Crippen LogP contribution is 2.35. The minimum Gasteiger partial charge on any atom is -0.491 e. The predicted molar refractivity (Wildman–Crippen MR) is 89.5 cm³/mol. The number of hydrogen-bond donors (Lipinski definition) is 1. The molecule has 2 aliphatic rings. The summed E-state index contributed by atoms with van der Waals surface area (Å²) in [5.74, 6) is -0.129. The van der Waals surface area contributed by atoms with Crippen LogP contribution in [0.1, 0.15) is 24.0 Å². The molecule has 0 radical (unpaired) electrons. The van der Waals surface area contributed by atoms with Crippen LogP contribution in [0.3, 0.4) is 0 Å². The number of aryl methyl sites for hydroxylation is 2. The van der Waals surface area contributed by atoms with Crippen molar-refractivity contribution in [2.24, 2.45) is 11.8 Å². The minimum atomic E-state index is -0.897. The fourth-order valence-electron chi connectivity index (χ4n) is 3.36.